The molecule has 0 aliphatic heterocycles. The van der Waals surface area contributed by atoms with E-state index in [1.165, 1.54) is 0 Å². The van der Waals surface area contributed by atoms with Crippen molar-refractivity contribution in [2.75, 3.05) is 0 Å². The van der Waals surface area contributed by atoms with Crippen LogP contribution in [0.4, 0.5) is 0 Å². The summed E-state index contributed by atoms with van der Waals surface area (Å²) < 4.78 is 0. The highest BCUT2D eigenvalue weighted by Gasteiger charge is 1.94. The van der Waals surface area contributed by atoms with E-state index in [1.54, 1.807) is 0 Å². The molecule has 0 saturated heterocycles. The Balaban J connectivity index is 2.45. The maximum atomic E-state index is 9.87. The third-order valence-electron chi connectivity index (χ3n) is 1.26. The summed E-state index contributed by atoms with van der Waals surface area (Å²) in [7, 11) is 0. The van der Waals surface area contributed by atoms with Gasteiger partial charge in [-0.25, -0.2) is 10.1 Å². The fourth-order valence-electron chi connectivity index (χ4n) is 0.752. The van der Waals surface area contributed by atoms with Gasteiger partial charge < -0.3 is 0 Å². The molecule has 0 amide bonds. The third kappa shape index (κ3) is 2.66. The smallest absolute Gasteiger partial charge is 0.157 e. The van der Waals surface area contributed by atoms with Crippen LogP contribution in [0, 0.1) is 10.1 Å². The lowest BCUT2D eigenvalue weighted by molar-refractivity contribution is -0.546. The van der Waals surface area contributed by atoms with E-state index in [2.05, 4.69) is 5.43 Å². The number of hydrogen-bond acceptors (Lipinski definition) is 2. The van der Waals surface area contributed by atoms with E-state index in [0.717, 1.165) is 5.56 Å². The van der Waals surface area contributed by atoms with Crippen LogP contribution in [0.1, 0.15) is 5.56 Å². The van der Waals surface area contributed by atoms with E-state index >= 15 is 0 Å². The van der Waals surface area contributed by atoms with E-state index in [0.29, 0.717) is 0 Å². The Kier molecular flexibility index (Phi) is 2.43. The Morgan fingerprint density at radius 1 is 1.36 bits per heavy atom. The molecule has 0 spiro atoms. The molecule has 1 N–H and O–H groups in total. The molecule has 0 saturated carbocycles. The molecule has 1 aromatic carbocycles. The number of hydrazine groups is 1. The molecule has 0 aliphatic rings. The van der Waals surface area contributed by atoms with Crippen molar-refractivity contribution in [3.8, 4) is 0 Å². The van der Waals surface area contributed by atoms with E-state index in [4.69, 9.17) is 0 Å². The highest BCUT2D eigenvalue weighted by molar-refractivity contribution is 5.13. The summed E-state index contributed by atoms with van der Waals surface area (Å²) in [5.41, 5.74) is 2.99. The van der Waals surface area contributed by atoms with Gasteiger partial charge in [-0.3, -0.25) is 0 Å². The lowest BCUT2D eigenvalue weighted by Gasteiger charge is -1.95. The lowest BCUT2D eigenvalue weighted by atomic mass is 10.2. The van der Waals surface area contributed by atoms with E-state index in [-0.39, 0.29) is 6.54 Å². The highest BCUT2D eigenvalue weighted by atomic mass is 16.7. The van der Waals surface area contributed by atoms with Crippen molar-refractivity contribution in [1.82, 2.24) is 5.43 Å². The summed E-state index contributed by atoms with van der Waals surface area (Å²) in [6.45, 7) is 0.272. The Bertz CT molecular complexity index is 235. The topological polar surface area (TPSA) is 55.2 Å². The first-order valence-electron chi connectivity index (χ1n) is 3.21. The number of benzene rings is 1. The molecule has 0 atom stereocenters. The number of nitro groups is 1. The van der Waals surface area contributed by atoms with Crippen molar-refractivity contribution in [3.05, 3.63) is 46.0 Å². The molecule has 1 aromatic rings. The molecule has 0 aliphatic carbocycles. The minimum atomic E-state index is -0.549. The van der Waals surface area contributed by atoms with Gasteiger partial charge in [0.25, 0.3) is 0 Å². The van der Waals surface area contributed by atoms with Gasteiger partial charge in [-0.2, -0.15) is 0 Å². The second-order valence-corrected chi connectivity index (χ2v) is 2.08. The number of hydrogen-bond donors (Lipinski definition) is 1. The average Bonchev–Trinajstić information content (AvgIpc) is 2.03. The zero-order valence-corrected chi connectivity index (χ0v) is 5.86. The molecule has 1 rings (SSSR count). The number of rotatable bonds is 3. The first kappa shape index (κ1) is 7.53. The fourth-order valence-corrected chi connectivity index (χ4v) is 0.752. The Hall–Kier alpha value is -1.58. The molecule has 4 heteroatoms. The van der Waals surface area contributed by atoms with Gasteiger partial charge in [-0.1, -0.05) is 30.3 Å². The second-order valence-electron chi connectivity index (χ2n) is 2.08. The Morgan fingerprint density at radius 3 is 2.55 bits per heavy atom. The summed E-state index contributed by atoms with van der Waals surface area (Å²) >= 11 is 0. The predicted octanol–water partition coefficient (Wildman–Crippen LogP) is 0.968. The zero-order chi connectivity index (χ0) is 8.10. The van der Waals surface area contributed by atoms with Crippen molar-refractivity contribution in [2.24, 2.45) is 0 Å². The van der Waals surface area contributed by atoms with E-state index in [9.17, 15) is 10.1 Å². The van der Waals surface area contributed by atoms with Gasteiger partial charge in [0.15, 0.2) is 5.03 Å². The van der Waals surface area contributed by atoms with Crippen molar-refractivity contribution >= 4 is 0 Å². The van der Waals surface area contributed by atoms with Crippen molar-refractivity contribution in [3.63, 3.8) is 0 Å². The molecule has 58 valence electrons. The maximum Gasteiger partial charge on any atom is 0.157 e. The summed E-state index contributed by atoms with van der Waals surface area (Å²) in [6.07, 6.45) is 0. The van der Waals surface area contributed by atoms with Gasteiger partial charge >= 0.3 is 0 Å². The molecule has 0 heterocycles. The quantitative estimate of drug-likeness (QED) is 0.518. The molecular formula is C7H8N2O2. The lowest BCUT2D eigenvalue weighted by Crippen LogP contribution is -2.20. The standard InChI is InChI=1S/C7H8N2O2/c10-9(11)8-6-7-4-2-1-3-5-7/h1-5,8H,6H2. The molecular weight excluding hydrogens is 144 g/mol. The van der Waals surface area contributed by atoms with Gasteiger partial charge in [0.05, 0.1) is 0 Å². The minimum Gasteiger partial charge on any atom is -0.235 e. The van der Waals surface area contributed by atoms with Crippen LogP contribution in [-0.2, 0) is 6.54 Å². The summed E-state index contributed by atoms with van der Waals surface area (Å²) in [5.74, 6) is 0. The van der Waals surface area contributed by atoms with Crippen molar-refractivity contribution in [2.45, 2.75) is 6.54 Å². The molecule has 0 unspecified atom stereocenters. The maximum absolute atomic E-state index is 9.87. The minimum absolute atomic E-state index is 0.272. The van der Waals surface area contributed by atoms with Crippen LogP contribution in [0.5, 0.6) is 0 Å². The van der Waals surface area contributed by atoms with Gasteiger partial charge in [-0.15, -0.1) is 5.43 Å². The van der Waals surface area contributed by atoms with E-state index < -0.39 is 5.03 Å². The second kappa shape index (κ2) is 3.55. The summed E-state index contributed by atoms with van der Waals surface area (Å²) in [6, 6.07) is 9.22. The van der Waals surface area contributed by atoms with Gasteiger partial charge in [0, 0.05) is 0 Å². The molecule has 0 fully saturated rings. The van der Waals surface area contributed by atoms with Crippen LogP contribution in [0.3, 0.4) is 0 Å². The fraction of sp³-hybridized carbons (Fsp3) is 0.143. The third-order valence-corrected chi connectivity index (χ3v) is 1.26. The zero-order valence-electron chi connectivity index (χ0n) is 5.86. The molecule has 11 heavy (non-hydrogen) atoms. The molecule has 0 aromatic heterocycles. The molecule has 4 nitrogen and oxygen atoms in total. The average molecular weight is 152 g/mol. The van der Waals surface area contributed by atoms with E-state index in [1.807, 2.05) is 30.3 Å². The van der Waals surface area contributed by atoms with Crippen molar-refractivity contribution in [1.29, 1.82) is 0 Å². The van der Waals surface area contributed by atoms with Crippen LogP contribution in [-0.4, -0.2) is 5.03 Å². The van der Waals surface area contributed by atoms with Crippen LogP contribution in [0.15, 0.2) is 30.3 Å². The van der Waals surface area contributed by atoms with Crippen LogP contribution < -0.4 is 5.43 Å². The monoisotopic (exact) mass is 152 g/mol. The van der Waals surface area contributed by atoms with Crippen LogP contribution in [0.2, 0.25) is 0 Å². The highest BCUT2D eigenvalue weighted by Crippen LogP contribution is 1.96. The summed E-state index contributed by atoms with van der Waals surface area (Å²) in [4.78, 5) is 9.87. The van der Waals surface area contributed by atoms with Crippen LogP contribution >= 0.6 is 0 Å². The Morgan fingerprint density at radius 2 is 2.00 bits per heavy atom. The van der Waals surface area contributed by atoms with Gasteiger partial charge in [0.2, 0.25) is 0 Å². The summed E-state index contributed by atoms with van der Waals surface area (Å²) in [5, 5.41) is 9.32. The molecule has 0 radical (unpaired) electrons. The normalized spacial score (nSPS) is 9.09. The number of nitrogens with zero attached hydrogens (tertiary/aromatic N) is 1. The largest absolute Gasteiger partial charge is 0.235 e. The molecule has 0 bridgehead atoms. The van der Waals surface area contributed by atoms with Gasteiger partial charge in [0.1, 0.15) is 6.54 Å². The van der Waals surface area contributed by atoms with Crippen molar-refractivity contribution < 1.29 is 5.03 Å². The predicted molar refractivity (Wildman–Crippen MR) is 40.3 cm³/mol. The first-order valence-corrected chi connectivity index (χ1v) is 3.21. The SMILES string of the molecule is O=[N+]([O-])NCc1ccccc1. The number of nitrogens with one attached hydrogen (secondary N) is 1. The van der Waals surface area contributed by atoms with Gasteiger partial charge in [-0.05, 0) is 5.56 Å². The Labute approximate surface area is 64.0 Å². The van der Waals surface area contributed by atoms with Crippen LogP contribution in [0.25, 0.3) is 0 Å². The first-order chi connectivity index (χ1) is 5.29.